The molecule has 2 N–H and O–H groups in total. The van der Waals surface area contributed by atoms with Crippen molar-refractivity contribution in [3.05, 3.63) is 50.9 Å². The number of anilines is 1. The smallest absolute Gasteiger partial charge is 0.303 e. The molecule has 10 nitrogen and oxygen atoms in total. The Morgan fingerprint density at radius 2 is 1.81 bits per heavy atom. The molecule has 1 saturated heterocycles. The molecule has 2 aromatic heterocycles. The molecule has 3 aromatic rings. The molecular weight excluding hydrogens is 445 g/mol. The van der Waals surface area contributed by atoms with Crippen LogP contribution in [0.2, 0.25) is 10.0 Å². The predicted octanol–water partition coefficient (Wildman–Crippen LogP) is 2.53. The molecule has 3 heterocycles. The van der Waals surface area contributed by atoms with E-state index in [1.165, 1.54) is 22.9 Å². The zero-order valence-electron chi connectivity index (χ0n) is 16.3. The highest BCUT2D eigenvalue weighted by Gasteiger charge is 2.33. The second-order valence-corrected chi connectivity index (χ2v) is 7.86. The molecule has 4 rings (SSSR count). The number of aromatic nitrogens is 3. The summed E-state index contributed by atoms with van der Waals surface area (Å²) in [6, 6.07) is 5.61. The molecule has 1 aliphatic heterocycles. The van der Waals surface area contributed by atoms with Crippen molar-refractivity contribution in [3.8, 4) is 11.8 Å². The Kier molecular flexibility index (Phi) is 5.18. The number of carbonyl (C=O) groups is 2. The van der Waals surface area contributed by atoms with Crippen LogP contribution in [0.15, 0.2) is 35.3 Å². The molecule has 1 aromatic carbocycles. The first-order valence-corrected chi connectivity index (χ1v) is 9.88. The second-order valence-electron chi connectivity index (χ2n) is 7.04. The average molecular weight is 460 g/mol. The Hall–Kier alpha value is -3.39. The van der Waals surface area contributed by atoms with Crippen LogP contribution < -0.4 is 21.3 Å². The van der Waals surface area contributed by atoms with E-state index in [9.17, 15) is 14.4 Å². The summed E-state index contributed by atoms with van der Waals surface area (Å²) in [5, 5.41) is 16.8. The number of halogens is 2. The normalized spacial score (nSPS) is 16.6. The van der Waals surface area contributed by atoms with Crippen molar-refractivity contribution in [1.82, 2.24) is 25.1 Å². The van der Waals surface area contributed by atoms with Crippen LogP contribution in [0.25, 0.3) is 16.7 Å². The fourth-order valence-electron chi connectivity index (χ4n) is 3.39. The van der Waals surface area contributed by atoms with Gasteiger partial charge in [0.1, 0.15) is 5.69 Å². The van der Waals surface area contributed by atoms with E-state index < -0.39 is 18.0 Å². The molecular formula is C19H15Cl2N7O3. The van der Waals surface area contributed by atoms with Crippen LogP contribution in [0, 0.1) is 11.3 Å². The molecule has 0 spiro atoms. The van der Waals surface area contributed by atoms with Gasteiger partial charge in [-0.05, 0) is 32.0 Å². The Labute approximate surface area is 185 Å². The molecule has 3 amide bonds. The van der Waals surface area contributed by atoms with Gasteiger partial charge in [0.25, 0.3) is 11.5 Å². The zero-order valence-corrected chi connectivity index (χ0v) is 17.8. The third-order valence-electron chi connectivity index (χ3n) is 4.74. The summed E-state index contributed by atoms with van der Waals surface area (Å²) in [7, 11) is 0. The molecule has 0 bridgehead atoms. The van der Waals surface area contributed by atoms with Gasteiger partial charge >= 0.3 is 6.03 Å². The maximum Gasteiger partial charge on any atom is 0.343 e. The van der Waals surface area contributed by atoms with Gasteiger partial charge in [0.05, 0.1) is 39.0 Å². The summed E-state index contributed by atoms with van der Waals surface area (Å²) in [5.41, 5.74) is 4.17. The molecule has 1 atom stereocenters. The van der Waals surface area contributed by atoms with Crippen molar-refractivity contribution < 1.29 is 9.59 Å². The minimum absolute atomic E-state index is 0.0818. The maximum atomic E-state index is 12.3. The lowest BCUT2D eigenvalue weighted by atomic mass is 10.2. The second kappa shape index (κ2) is 7.70. The van der Waals surface area contributed by atoms with E-state index in [0.29, 0.717) is 16.7 Å². The van der Waals surface area contributed by atoms with E-state index in [-0.39, 0.29) is 27.3 Å². The van der Waals surface area contributed by atoms with E-state index >= 15 is 0 Å². The number of imide groups is 1. The molecule has 1 aliphatic rings. The number of fused-ring (bicyclic) bond motifs is 1. The SMILES string of the molecule is CC(C)n1c(=O)ccc2c1cnn2-c1c(Cl)cc(N2NC(C#N)C(=O)NC2=O)cc1Cl. The number of pyridine rings is 1. The lowest BCUT2D eigenvalue weighted by Gasteiger charge is -2.30. The van der Waals surface area contributed by atoms with Crippen LogP contribution in [0.1, 0.15) is 19.9 Å². The minimum Gasteiger partial charge on any atom is -0.303 e. The maximum absolute atomic E-state index is 12.3. The van der Waals surface area contributed by atoms with Gasteiger partial charge in [0.2, 0.25) is 0 Å². The first kappa shape index (κ1) is 20.9. The first-order chi connectivity index (χ1) is 14.7. The lowest BCUT2D eigenvalue weighted by Crippen LogP contribution is -2.64. The number of hydrogen-bond acceptors (Lipinski definition) is 6. The highest BCUT2D eigenvalue weighted by Crippen LogP contribution is 2.35. The van der Waals surface area contributed by atoms with Crippen molar-refractivity contribution in [3.63, 3.8) is 0 Å². The molecule has 158 valence electrons. The standard InChI is InChI=1S/C19H15Cl2N7O3/c1-9(2)26-15-8-23-28(14(15)3-4-16(26)29)17-11(20)5-10(6-12(17)21)27-19(31)24-18(30)13(7-22)25-27/h3-6,8-9,13,25H,1-2H3,(H,24,30,31). The number of urea groups is 1. The van der Waals surface area contributed by atoms with Gasteiger partial charge in [-0.15, -0.1) is 0 Å². The largest absolute Gasteiger partial charge is 0.343 e. The fraction of sp³-hybridized carbons (Fsp3) is 0.211. The summed E-state index contributed by atoms with van der Waals surface area (Å²) in [5.74, 6) is -0.753. The quantitative estimate of drug-likeness (QED) is 0.619. The van der Waals surface area contributed by atoms with Gasteiger partial charge in [-0.3, -0.25) is 14.9 Å². The number of nitrogens with one attached hydrogen (secondary N) is 2. The van der Waals surface area contributed by atoms with Crippen LogP contribution in [0.4, 0.5) is 10.5 Å². The molecule has 1 fully saturated rings. The van der Waals surface area contributed by atoms with Gasteiger partial charge in [0, 0.05) is 12.1 Å². The van der Waals surface area contributed by atoms with Crippen molar-refractivity contribution in [2.75, 3.05) is 5.01 Å². The van der Waals surface area contributed by atoms with Crippen LogP contribution in [0.5, 0.6) is 0 Å². The number of nitrogens with zero attached hydrogens (tertiary/aromatic N) is 5. The summed E-state index contributed by atoms with van der Waals surface area (Å²) in [4.78, 5) is 36.1. The van der Waals surface area contributed by atoms with E-state index in [0.717, 1.165) is 5.01 Å². The van der Waals surface area contributed by atoms with E-state index in [2.05, 4.69) is 15.8 Å². The highest BCUT2D eigenvalue weighted by atomic mass is 35.5. The Morgan fingerprint density at radius 1 is 1.13 bits per heavy atom. The summed E-state index contributed by atoms with van der Waals surface area (Å²) < 4.78 is 3.11. The van der Waals surface area contributed by atoms with Crippen LogP contribution in [-0.2, 0) is 4.79 Å². The Bertz CT molecular complexity index is 1320. The summed E-state index contributed by atoms with van der Waals surface area (Å²) in [6.07, 6.45) is 1.56. The molecule has 1 unspecified atom stereocenters. The van der Waals surface area contributed by atoms with Crippen LogP contribution in [-0.4, -0.2) is 32.3 Å². The van der Waals surface area contributed by atoms with Crippen molar-refractivity contribution in [2.24, 2.45) is 0 Å². The number of hydrogen-bond donors (Lipinski definition) is 2. The van der Waals surface area contributed by atoms with Crippen molar-refractivity contribution in [1.29, 1.82) is 5.26 Å². The number of rotatable bonds is 3. The van der Waals surface area contributed by atoms with Gasteiger partial charge < -0.3 is 4.57 Å². The van der Waals surface area contributed by atoms with Crippen molar-refractivity contribution in [2.45, 2.75) is 25.9 Å². The monoisotopic (exact) mass is 459 g/mol. The Morgan fingerprint density at radius 3 is 2.42 bits per heavy atom. The van der Waals surface area contributed by atoms with Gasteiger partial charge in [-0.25, -0.2) is 14.5 Å². The van der Waals surface area contributed by atoms with Gasteiger partial charge in [0.15, 0.2) is 6.04 Å². The summed E-state index contributed by atoms with van der Waals surface area (Å²) >= 11 is 13.0. The third-order valence-corrected chi connectivity index (χ3v) is 5.31. The predicted molar refractivity (Wildman–Crippen MR) is 114 cm³/mol. The number of amides is 3. The molecule has 12 heteroatoms. The van der Waals surface area contributed by atoms with Crippen LogP contribution >= 0.6 is 23.2 Å². The average Bonchev–Trinajstić information content (AvgIpc) is 3.10. The third kappa shape index (κ3) is 3.42. The van der Waals surface area contributed by atoms with Crippen molar-refractivity contribution >= 4 is 51.9 Å². The van der Waals surface area contributed by atoms with Gasteiger partial charge in [-0.2, -0.15) is 15.8 Å². The minimum atomic E-state index is -1.25. The molecule has 0 aliphatic carbocycles. The fourth-order valence-corrected chi connectivity index (χ4v) is 4.03. The van der Waals surface area contributed by atoms with E-state index in [4.69, 9.17) is 28.5 Å². The Balaban J connectivity index is 1.82. The summed E-state index contributed by atoms with van der Waals surface area (Å²) in [6.45, 7) is 3.78. The number of hydrazine groups is 1. The van der Waals surface area contributed by atoms with Gasteiger partial charge in [-0.1, -0.05) is 23.2 Å². The topological polar surface area (TPSA) is 125 Å². The molecule has 31 heavy (non-hydrogen) atoms. The number of benzene rings is 1. The van der Waals surface area contributed by atoms with E-state index in [1.54, 1.807) is 22.9 Å². The highest BCUT2D eigenvalue weighted by molar-refractivity contribution is 6.38. The number of nitriles is 1. The number of carbonyl (C=O) groups excluding carboxylic acids is 2. The van der Waals surface area contributed by atoms with Crippen LogP contribution in [0.3, 0.4) is 0 Å². The zero-order chi connectivity index (χ0) is 22.4. The van der Waals surface area contributed by atoms with E-state index in [1.807, 2.05) is 13.8 Å². The lowest BCUT2D eigenvalue weighted by molar-refractivity contribution is -0.121. The first-order valence-electron chi connectivity index (χ1n) is 9.12. The molecule has 0 radical (unpaired) electrons. The molecule has 0 saturated carbocycles.